The van der Waals surface area contributed by atoms with Crippen molar-refractivity contribution in [1.29, 1.82) is 0 Å². The van der Waals surface area contributed by atoms with E-state index in [0.717, 1.165) is 6.08 Å². The van der Waals surface area contributed by atoms with Gasteiger partial charge in [-0.15, -0.1) is 0 Å². The number of ketones is 1. The number of nitrogens with zero attached hydrogens (tertiary/aromatic N) is 1. The molecule has 0 saturated carbocycles. The smallest absolute Gasteiger partial charge is 0.331 e. The number of benzene rings is 2. The Morgan fingerprint density at radius 3 is 2.59 bits per heavy atom. The minimum absolute atomic E-state index is 0.0868. The van der Waals surface area contributed by atoms with Crippen LogP contribution < -0.4 is 4.74 Å². The quantitative estimate of drug-likeness (QED) is 0.230. The molecule has 0 amide bonds. The third kappa shape index (κ3) is 5.50. The van der Waals surface area contributed by atoms with E-state index in [4.69, 9.17) is 9.47 Å². The van der Waals surface area contributed by atoms with Gasteiger partial charge in [0, 0.05) is 23.3 Å². The van der Waals surface area contributed by atoms with Crippen molar-refractivity contribution < 1.29 is 24.0 Å². The summed E-state index contributed by atoms with van der Waals surface area (Å²) < 4.78 is 10.7. The maximum absolute atomic E-state index is 12.0. The molecule has 27 heavy (non-hydrogen) atoms. The van der Waals surface area contributed by atoms with E-state index < -0.39 is 10.9 Å². The number of hydrogen-bond acceptors (Lipinski definition) is 6. The Kier molecular flexibility index (Phi) is 6.82. The molecule has 140 valence electrons. The molecular weight excluding hydrogens is 350 g/mol. The minimum Gasteiger partial charge on any atom is -0.493 e. The van der Waals surface area contributed by atoms with Gasteiger partial charge in [0.15, 0.2) is 5.78 Å². The number of hydrogen-bond donors (Lipinski definition) is 0. The summed E-state index contributed by atoms with van der Waals surface area (Å²) in [5.74, 6) is -0.247. The average Bonchev–Trinajstić information content (AvgIpc) is 2.65. The van der Waals surface area contributed by atoms with Crippen molar-refractivity contribution in [2.45, 2.75) is 20.5 Å². The van der Waals surface area contributed by atoms with Crippen molar-refractivity contribution in [1.82, 2.24) is 0 Å². The van der Waals surface area contributed by atoms with Crippen LogP contribution in [0.15, 0.2) is 48.5 Å². The van der Waals surface area contributed by atoms with Crippen molar-refractivity contribution in [3.8, 4) is 5.75 Å². The molecule has 7 heteroatoms. The molecule has 0 unspecified atom stereocenters. The molecule has 0 spiro atoms. The fourth-order valence-corrected chi connectivity index (χ4v) is 2.36. The maximum Gasteiger partial charge on any atom is 0.331 e. The number of nitro groups is 1. The second kappa shape index (κ2) is 9.28. The van der Waals surface area contributed by atoms with Gasteiger partial charge >= 0.3 is 5.97 Å². The van der Waals surface area contributed by atoms with Crippen LogP contribution >= 0.6 is 0 Å². The van der Waals surface area contributed by atoms with Gasteiger partial charge in [-0.05, 0) is 44.2 Å². The zero-order chi connectivity index (χ0) is 19.8. The van der Waals surface area contributed by atoms with Crippen LogP contribution in [0.3, 0.4) is 0 Å². The van der Waals surface area contributed by atoms with Gasteiger partial charge in [-0.3, -0.25) is 14.9 Å². The fraction of sp³-hybridized carbons (Fsp3) is 0.200. The summed E-state index contributed by atoms with van der Waals surface area (Å²) in [6.45, 7) is 3.61. The van der Waals surface area contributed by atoms with Crippen molar-refractivity contribution in [3.05, 3.63) is 75.3 Å². The molecule has 0 aromatic heterocycles. The van der Waals surface area contributed by atoms with Gasteiger partial charge in [-0.2, -0.15) is 0 Å². The minimum atomic E-state index is -0.663. The molecule has 2 aromatic carbocycles. The zero-order valence-electron chi connectivity index (χ0n) is 15.0. The number of ether oxygens (including phenoxy) is 2. The highest BCUT2D eigenvalue weighted by Crippen LogP contribution is 2.22. The summed E-state index contributed by atoms with van der Waals surface area (Å²) in [5.41, 5.74) is 1.25. The van der Waals surface area contributed by atoms with Crippen LogP contribution in [-0.4, -0.2) is 23.3 Å². The first-order valence-corrected chi connectivity index (χ1v) is 8.27. The standard InChI is InChI=1S/C20H19NO6/c1-3-26-19-10-8-16(14(2)22)12-17(19)13-27-20(23)11-9-15-6-4-5-7-18(15)21(24)25/h4-12H,3,13H2,1-2H3/b11-9+. The van der Waals surface area contributed by atoms with E-state index in [0.29, 0.717) is 29.0 Å². The molecule has 0 bridgehead atoms. The molecular formula is C20H19NO6. The van der Waals surface area contributed by atoms with E-state index in [-0.39, 0.29) is 18.1 Å². The predicted octanol–water partition coefficient (Wildman–Crippen LogP) is 3.95. The highest BCUT2D eigenvalue weighted by molar-refractivity contribution is 5.94. The van der Waals surface area contributed by atoms with Crippen LogP contribution in [0.2, 0.25) is 0 Å². The highest BCUT2D eigenvalue weighted by atomic mass is 16.6. The van der Waals surface area contributed by atoms with Gasteiger partial charge in [0.25, 0.3) is 5.69 Å². The van der Waals surface area contributed by atoms with Gasteiger partial charge in [-0.25, -0.2) is 4.79 Å². The monoisotopic (exact) mass is 369 g/mol. The lowest BCUT2D eigenvalue weighted by Gasteiger charge is -2.11. The van der Waals surface area contributed by atoms with Crippen LogP contribution in [0.4, 0.5) is 5.69 Å². The first kappa shape index (κ1) is 19.8. The van der Waals surface area contributed by atoms with Gasteiger partial charge in [0.2, 0.25) is 0 Å². The lowest BCUT2D eigenvalue weighted by atomic mass is 10.1. The summed E-state index contributed by atoms with van der Waals surface area (Å²) in [7, 11) is 0. The molecule has 2 aromatic rings. The topological polar surface area (TPSA) is 95.7 Å². The van der Waals surface area contributed by atoms with E-state index in [9.17, 15) is 19.7 Å². The molecule has 0 aliphatic rings. The van der Waals surface area contributed by atoms with E-state index >= 15 is 0 Å². The summed E-state index contributed by atoms with van der Waals surface area (Å²) in [5, 5.41) is 11.0. The van der Waals surface area contributed by atoms with Crippen LogP contribution in [0, 0.1) is 10.1 Å². The largest absolute Gasteiger partial charge is 0.493 e. The molecule has 0 fully saturated rings. The molecule has 0 aliphatic carbocycles. The molecule has 7 nitrogen and oxygen atoms in total. The number of para-hydroxylation sites is 1. The van der Waals surface area contributed by atoms with E-state index in [1.54, 1.807) is 30.3 Å². The Labute approximate surface area is 156 Å². The fourth-order valence-electron chi connectivity index (χ4n) is 2.36. The number of nitro benzene ring substituents is 1. The van der Waals surface area contributed by atoms with Crippen LogP contribution in [-0.2, 0) is 16.1 Å². The second-order valence-electron chi connectivity index (χ2n) is 5.57. The van der Waals surface area contributed by atoms with Crippen molar-refractivity contribution in [2.75, 3.05) is 6.61 Å². The first-order chi connectivity index (χ1) is 12.9. The number of carbonyl (C=O) groups excluding carboxylic acids is 2. The lowest BCUT2D eigenvalue weighted by Crippen LogP contribution is -2.05. The third-order valence-corrected chi connectivity index (χ3v) is 3.67. The lowest BCUT2D eigenvalue weighted by molar-refractivity contribution is -0.385. The Hall–Kier alpha value is -3.48. The zero-order valence-corrected chi connectivity index (χ0v) is 15.0. The number of rotatable bonds is 8. The molecule has 0 heterocycles. The van der Waals surface area contributed by atoms with Crippen LogP contribution in [0.25, 0.3) is 6.08 Å². The molecule has 0 aliphatic heterocycles. The summed E-state index contributed by atoms with van der Waals surface area (Å²) in [6.07, 6.45) is 2.45. The van der Waals surface area contributed by atoms with Gasteiger partial charge in [0.05, 0.1) is 17.1 Å². The van der Waals surface area contributed by atoms with E-state index in [1.807, 2.05) is 6.92 Å². The Morgan fingerprint density at radius 2 is 1.93 bits per heavy atom. The predicted molar refractivity (Wildman–Crippen MR) is 99.5 cm³/mol. The average molecular weight is 369 g/mol. The third-order valence-electron chi connectivity index (χ3n) is 3.67. The SMILES string of the molecule is CCOc1ccc(C(C)=O)cc1COC(=O)/C=C/c1ccccc1[N+](=O)[O-]. The van der Waals surface area contributed by atoms with E-state index in [1.165, 1.54) is 25.1 Å². The van der Waals surface area contributed by atoms with Crippen molar-refractivity contribution in [2.24, 2.45) is 0 Å². The molecule has 0 atom stereocenters. The summed E-state index contributed by atoms with van der Waals surface area (Å²) in [6, 6.07) is 11.0. The van der Waals surface area contributed by atoms with Crippen molar-refractivity contribution in [3.63, 3.8) is 0 Å². The normalized spacial score (nSPS) is 10.6. The van der Waals surface area contributed by atoms with Crippen molar-refractivity contribution >= 4 is 23.5 Å². The molecule has 2 rings (SSSR count). The maximum atomic E-state index is 12.0. The number of esters is 1. The molecule has 0 radical (unpaired) electrons. The number of Topliss-reactive ketones (excluding diaryl/α,β-unsaturated/α-hetero) is 1. The second-order valence-corrected chi connectivity index (χ2v) is 5.57. The van der Waals surface area contributed by atoms with Gasteiger partial charge in [0.1, 0.15) is 12.4 Å². The summed E-state index contributed by atoms with van der Waals surface area (Å²) in [4.78, 5) is 34.0. The number of carbonyl (C=O) groups is 2. The van der Waals surface area contributed by atoms with Crippen LogP contribution in [0.1, 0.15) is 35.3 Å². The Balaban J connectivity index is 2.10. The van der Waals surface area contributed by atoms with E-state index in [2.05, 4.69) is 0 Å². The molecule has 0 N–H and O–H groups in total. The Morgan fingerprint density at radius 1 is 1.19 bits per heavy atom. The summed E-state index contributed by atoms with van der Waals surface area (Å²) >= 11 is 0. The van der Waals surface area contributed by atoms with Crippen LogP contribution in [0.5, 0.6) is 5.75 Å². The Bertz CT molecular complexity index is 888. The van der Waals surface area contributed by atoms with Gasteiger partial charge < -0.3 is 9.47 Å². The first-order valence-electron chi connectivity index (χ1n) is 8.27. The van der Waals surface area contributed by atoms with Gasteiger partial charge in [-0.1, -0.05) is 12.1 Å². The molecule has 0 saturated heterocycles. The highest BCUT2D eigenvalue weighted by Gasteiger charge is 2.12.